The van der Waals surface area contributed by atoms with Gasteiger partial charge in [-0.2, -0.15) is 0 Å². The molecule has 1 fully saturated rings. The van der Waals surface area contributed by atoms with Crippen LogP contribution in [0.25, 0.3) is 10.9 Å². The highest BCUT2D eigenvalue weighted by atomic mass is 35.5. The van der Waals surface area contributed by atoms with Gasteiger partial charge in [-0.05, 0) is 53.9 Å². The molecule has 184 valence electrons. The van der Waals surface area contributed by atoms with Gasteiger partial charge in [0.25, 0.3) is 11.8 Å². The molecule has 36 heavy (non-hydrogen) atoms. The number of hydrogen-bond acceptors (Lipinski definition) is 5. The quantitative estimate of drug-likeness (QED) is 0.338. The summed E-state index contributed by atoms with van der Waals surface area (Å²) >= 11 is 7.14. The standard InChI is InChI=1S/C26H23ClN4O4S/c27-23-10-9-22(36-23)26(34)30-21(14-18-13-16-3-1-2-4-20(16)28-18)25(33)29-17-5-7-19(8-6-17)31-11-12-35-15-24(31)32/h1-10,13,21,28H,11-12,14-15H2,(H,29,33)(H,30,34)/t21-/m1/s1. The Kier molecular flexibility index (Phi) is 7.04. The van der Waals surface area contributed by atoms with Gasteiger partial charge in [0.2, 0.25) is 5.91 Å². The number of nitrogens with zero attached hydrogens (tertiary/aromatic N) is 1. The van der Waals surface area contributed by atoms with Crippen LogP contribution in [0.2, 0.25) is 4.34 Å². The van der Waals surface area contributed by atoms with E-state index in [2.05, 4.69) is 15.6 Å². The van der Waals surface area contributed by atoms with Gasteiger partial charge >= 0.3 is 0 Å². The second-order valence-electron chi connectivity index (χ2n) is 8.35. The number of thiophene rings is 1. The van der Waals surface area contributed by atoms with Crippen molar-refractivity contribution >= 4 is 62.9 Å². The van der Waals surface area contributed by atoms with Gasteiger partial charge in [0.15, 0.2) is 0 Å². The fourth-order valence-corrected chi connectivity index (χ4v) is 5.03. The molecule has 5 rings (SSSR count). The van der Waals surface area contributed by atoms with E-state index in [0.29, 0.717) is 28.1 Å². The molecule has 0 bridgehead atoms. The smallest absolute Gasteiger partial charge is 0.262 e. The average Bonchev–Trinajstić information content (AvgIpc) is 3.50. The number of nitrogens with one attached hydrogen (secondary N) is 3. The third-order valence-electron chi connectivity index (χ3n) is 5.86. The zero-order valence-corrected chi connectivity index (χ0v) is 20.7. The molecule has 3 amide bonds. The van der Waals surface area contributed by atoms with Crippen LogP contribution in [0.4, 0.5) is 11.4 Å². The molecule has 1 aliphatic rings. The molecule has 3 heterocycles. The van der Waals surface area contributed by atoms with Crippen molar-refractivity contribution in [3.8, 4) is 0 Å². The van der Waals surface area contributed by atoms with Crippen LogP contribution in [0.3, 0.4) is 0 Å². The number of H-pyrrole nitrogens is 1. The molecule has 1 aliphatic heterocycles. The van der Waals surface area contributed by atoms with Crippen molar-refractivity contribution in [1.29, 1.82) is 0 Å². The Morgan fingerprint density at radius 3 is 2.64 bits per heavy atom. The topological polar surface area (TPSA) is 104 Å². The lowest BCUT2D eigenvalue weighted by molar-refractivity contribution is -0.125. The lowest BCUT2D eigenvalue weighted by atomic mass is 10.1. The first kappa shape index (κ1) is 24.1. The SMILES string of the molecule is O=C(N[C@H](Cc1cc2ccccc2[nH]1)C(=O)Nc1ccc(N2CCOCC2=O)cc1)c1ccc(Cl)s1. The molecule has 0 saturated carbocycles. The van der Waals surface area contributed by atoms with Crippen LogP contribution in [-0.2, 0) is 20.7 Å². The first-order chi connectivity index (χ1) is 17.5. The van der Waals surface area contributed by atoms with E-state index in [-0.39, 0.29) is 30.7 Å². The summed E-state index contributed by atoms with van der Waals surface area (Å²) in [6, 6.07) is 19.2. The van der Waals surface area contributed by atoms with Gasteiger partial charge in [-0.1, -0.05) is 29.8 Å². The summed E-state index contributed by atoms with van der Waals surface area (Å²) in [4.78, 5) is 43.6. The predicted octanol–water partition coefficient (Wildman–Crippen LogP) is 4.23. The molecular formula is C26H23ClN4O4S. The zero-order valence-electron chi connectivity index (χ0n) is 19.1. The van der Waals surface area contributed by atoms with Crippen molar-refractivity contribution in [3.63, 3.8) is 0 Å². The van der Waals surface area contributed by atoms with Gasteiger partial charge in [-0.15, -0.1) is 11.3 Å². The molecular weight excluding hydrogens is 500 g/mol. The van der Waals surface area contributed by atoms with Gasteiger partial charge in [0.1, 0.15) is 12.6 Å². The van der Waals surface area contributed by atoms with Crippen molar-refractivity contribution < 1.29 is 19.1 Å². The number of carbonyl (C=O) groups is 3. The van der Waals surface area contributed by atoms with Crippen molar-refractivity contribution in [1.82, 2.24) is 10.3 Å². The molecule has 4 aromatic rings. The van der Waals surface area contributed by atoms with Crippen molar-refractivity contribution in [3.05, 3.63) is 81.6 Å². The summed E-state index contributed by atoms with van der Waals surface area (Å²) < 4.78 is 5.67. The van der Waals surface area contributed by atoms with Crippen LogP contribution in [0.1, 0.15) is 15.4 Å². The molecule has 2 aromatic carbocycles. The van der Waals surface area contributed by atoms with Gasteiger partial charge in [-0.3, -0.25) is 14.4 Å². The summed E-state index contributed by atoms with van der Waals surface area (Å²) in [6.45, 7) is 1.02. The number of ether oxygens (including phenoxy) is 1. The normalized spacial score (nSPS) is 14.6. The number of aromatic nitrogens is 1. The zero-order chi connectivity index (χ0) is 25.1. The maximum absolute atomic E-state index is 13.3. The van der Waals surface area contributed by atoms with Gasteiger partial charge in [0, 0.05) is 35.6 Å². The number of hydrogen-bond donors (Lipinski definition) is 3. The number of benzene rings is 2. The number of para-hydroxylation sites is 1. The Hall–Kier alpha value is -3.66. The molecule has 0 radical (unpaired) electrons. The molecule has 1 atom stereocenters. The third kappa shape index (κ3) is 5.43. The largest absolute Gasteiger partial charge is 0.370 e. The molecule has 1 saturated heterocycles. The van der Waals surface area contributed by atoms with E-state index in [4.69, 9.17) is 16.3 Å². The van der Waals surface area contributed by atoms with Crippen LogP contribution in [0.5, 0.6) is 0 Å². The Morgan fingerprint density at radius 2 is 1.92 bits per heavy atom. The Morgan fingerprint density at radius 1 is 1.11 bits per heavy atom. The van der Waals surface area contributed by atoms with Crippen LogP contribution in [0.15, 0.2) is 66.7 Å². The minimum atomic E-state index is -0.841. The average molecular weight is 523 g/mol. The van der Waals surface area contributed by atoms with Crippen LogP contribution in [-0.4, -0.2) is 48.5 Å². The van der Waals surface area contributed by atoms with E-state index in [1.165, 1.54) is 0 Å². The van der Waals surface area contributed by atoms with Gasteiger partial charge in [-0.25, -0.2) is 0 Å². The van der Waals surface area contributed by atoms with E-state index in [9.17, 15) is 14.4 Å². The van der Waals surface area contributed by atoms with Crippen molar-refractivity contribution in [2.24, 2.45) is 0 Å². The van der Waals surface area contributed by atoms with E-state index in [1.54, 1.807) is 41.3 Å². The van der Waals surface area contributed by atoms with Gasteiger partial charge < -0.3 is 25.3 Å². The maximum Gasteiger partial charge on any atom is 0.262 e. The predicted molar refractivity (Wildman–Crippen MR) is 141 cm³/mol. The number of aromatic amines is 1. The fraction of sp³-hybridized carbons (Fsp3) is 0.192. The molecule has 10 heteroatoms. The Bertz CT molecular complexity index is 1380. The van der Waals surface area contributed by atoms with Crippen molar-refractivity contribution in [2.45, 2.75) is 12.5 Å². The highest BCUT2D eigenvalue weighted by Crippen LogP contribution is 2.23. The number of morpholine rings is 1. The second-order valence-corrected chi connectivity index (χ2v) is 10.1. The van der Waals surface area contributed by atoms with Crippen LogP contribution < -0.4 is 15.5 Å². The molecule has 0 unspecified atom stereocenters. The number of halogens is 1. The highest BCUT2D eigenvalue weighted by Gasteiger charge is 2.24. The molecule has 0 aliphatic carbocycles. The number of amides is 3. The third-order valence-corrected chi connectivity index (χ3v) is 7.09. The first-order valence-corrected chi connectivity index (χ1v) is 12.6. The summed E-state index contributed by atoms with van der Waals surface area (Å²) in [5.74, 6) is -0.836. The van der Waals surface area contributed by atoms with E-state index < -0.39 is 6.04 Å². The molecule has 3 N–H and O–H groups in total. The minimum absolute atomic E-state index is 0.0586. The van der Waals surface area contributed by atoms with Gasteiger partial charge in [0.05, 0.1) is 15.8 Å². The van der Waals surface area contributed by atoms with E-state index >= 15 is 0 Å². The summed E-state index contributed by atoms with van der Waals surface area (Å²) in [5, 5.41) is 6.75. The summed E-state index contributed by atoms with van der Waals surface area (Å²) in [7, 11) is 0. The highest BCUT2D eigenvalue weighted by molar-refractivity contribution is 7.18. The molecule has 8 nitrogen and oxygen atoms in total. The summed E-state index contributed by atoms with van der Waals surface area (Å²) in [5.41, 5.74) is 3.07. The van der Waals surface area contributed by atoms with Crippen molar-refractivity contribution in [2.75, 3.05) is 30.0 Å². The minimum Gasteiger partial charge on any atom is -0.370 e. The number of anilines is 2. The second kappa shape index (κ2) is 10.5. The van der Waals surface area contributed by atoms with E-state index in [1.807, 2.05) is 30.3 Å². The number of fused-ring (bicyclic) bond motifs is 1. The summed E-state index contributed by atoms with van der Waals surface area (Å²) in [6.07, 6.45) is 0.270. The fourth-order valence-electron chi connectivity index (χ4n) is 4.08. The Balaban J connectivity index is 1.33. The van der Waals surface area contributed by atoms with E-state index in [0.717, 1.165) is 33.6 Å². The molecule has 0 spiro atoms. The number of rotatable bonds is 7. The van der Waals surface area contributed by atoms with Crippen LogP contribution >= 0.6 is 22.9 Å². The lowest BCUT2D eigenvalue weighted by Crippen LogP contribution is -2.45. The first-order valence-electron chi connectivity index (χ1n) is 11.4. The Labute approximate surface area is 216 Å². The number of carbonyl (C=O) groups excluding carboxylic acids is 3. The molecule has 2 aromatic heterocycles. The van der Waals surface area contributed by atoms with Crippen LogP contribution in [0, 0.1) is 0 Å². The maximum atomic E-state index is 13.3. The lowest BCUT2D eigenvalue weighted by Gasteiger charge is -2.27. The monoisotopic (exact) mass is 522 g/mol.